The summed E-state index contributed by atoms with van der Waals surface area (Å²) in [5, 5.41) is 0. The lowest BCUT2D eigenvalue weighted by atomic mass is 9.89. The minimum Gasteiger partial charge on any atom is -0.234 e. The van der Waals surface area contributed by atoms with Crippen molar-refractivity contribution >= 4 is 0 Å². The van der Waals surface area contributed by atoms with Crippen LogP contribution in [0.2, 0.25) is 0 Å². The molecule has 0 aromatic rings. The maximum atomic E-state index is 13.4. The van der Waals surface area contributed by atoms with E-state index in [1.807, 2.05) is 0 Å². The van der Waals surface area contributed by atoms with Crippen molar-refractivity contribution in [3.63, 3.8) is 0 Å². The summed E-state index contributed by atoms with van der Waals surface area (Å²) in [6.45, 7) is 1.48. The molecule has 0 saturated carbocycles. The number of unbranched alkanes of at least 4 members (excludes halogenated alkanes) is 1. The van der Waals surface area contributed by atoms with Crippen LogP contribution in [0, 0.1) is 5.92 Å². The predicted molar refractivity (Wildman–Crippen MR) is 63.8 cm³/mol. The SMILES string of the molecule is CC(CCCCC(F)(C(F)(F)F)C(F)(F)F)CC(C)(F)C(F)(F)F. The van der Waals surface area contributed by atoms with Gasteiger partial charge in [-0.05, 0) is 32.1 Å². The van der Waals surface area contributed by atoms with E-state index in [4.69, 9.17) is 0 Å². The van der Waals surface area contributed by atoms with E-state index in [9.17, 15) is 48.3 Å². The Bertz CT molecular complexity index is 374. The highest BCUT2D eigenvalue weighted by Gasteiger charge is 2.71. The van der Waals surface area contributed by atoms with E-state index in [-0.39, 0.29) is 6.42 Å². The minimum atomic E-state index is -6.15. The van der Waals surface area contributed by atoms with Crippen LogP contribution in [0.25, 0.3) is 0 Å². The molecule has 0 heterocycles. The van der Waals surface area contributed by atoms with Crippen LogP contribution < -0.4 is 0 Å². The van der Waals surface area contributed by atoms with Gasteiger partial charge >= 0.3 is 18.5 Å². The topological polar surface area (TPSA) is 0 Å². The van der Waals surface area contributed by atoms with Crippen LogP contribution in [0.4, 0.5) is 48.3 Å². The van der Waals surface area contributed by atoms with Crippen LogP contribution in [0.5, 0.6) is 0 Å². The maximum absolute atomic E-state index is 13.4. The van der Waals surface area contributed by atoms with Crippen LogP contribution in [0.3, 0.4) is 0 Å². The van der Waals surface area contributed by atoms with Crippen molar-refractivity contribution in [2.45, 2.75) is 75.8 Å². The Hall–Kier alpha value is -0.770. The monoisotopic (exact) mass is 382 g/mol. The van der Waals surface area contributed by atoms with Gasteiger partial charge in [-0.1, -0.05) is 19.8 Å². The second-order valence-corrected chi connectivity index (χ2v) is 6.05. The molecule has 11 heteroatoms. The average molecular weight is 382 g/mol. The zero-order chi connectivity index (χ0) is 19.6. The van der Waals surface area contributed by atoms with E-state index in [1.54, 1.807) is 0 Å². The Morgan fingerprint density at radius 3 is 1.42 bits per heavy atom. The quantitative estimate of drug-likeness (QED) is 0.340. The smallest absolute Gasteiger partial charge is 0.234 e. The molecule has 0 spiro atoms. The minimum absolute atomic E-state index is 0.263. The first-order valence-electron chi connectivity index (χ1n) is 6.93. The first-order valence-corrected chi connectivity index (χ1v) is 6.93. The average Bonchev–Trinajstić information content (AvgIpc) is 2.29. The van der Waals surface area contributed by atoms with Gasteiger partial charge in [0.25, 0.3) is 5.67 Å². The first-order chi connectivity index (χ1) is 10.4. The summed E-state index contributed by atoms with van der Waals surface area (Å²) in [7, 11) is 0. The molecule has 24 heavy (non-hydrogen) atoms. The first kappa shape index (κ1) is 23.2. The van der Waals surface area contributed by atoms with Gasteiger partial charge in [-0.3, -0.25) is 0 Å². The lowest BCUT2D eigenvalue weighted by molar-refractivity contribution is -0.343. The molecule has 0 radical (unpaired) electrons. The molecule has 0 fully saturated rings. The number of halogens is 11. The molecule has 0 rings (SSSR count). The Morgan fingerprint density at radius 2 is 1.08 bits per heavy atom. The van der Waals surface area contributed by atoms with Gasteiger partial charge in [0.2, 0.25) is 5.67 Å². The largest absolute Gasteiger partial charge is 0.431 e. The highest BCUT2D eigenvalue weighted by atomic mass is 19.4. The van der Waals surface area contributed by atoms with Crippen LogP contribution in [-0.2, 0) is 0 Å². The van der Waals surface area contributed by atoms with E-state index in [2.05, 4.69) is 0 Å². The lowest BCUT2D eigenvalue weighted by Gasteiger charge is -2.30. The summed E-state index contributed by atoms with van der Waals surface area (Å²) < 4.78 is 137. The molecule has 0 saturated heterocycles. The van der Waals surface area contributed by atoms with Crippen LogP contribution in [0.15, 0.2) is 0 Å². The van der Waals surface area contributed by atoms with Crippen molar-refractivity contribution in [1.82, 2.24) is 0 Å². The third-order valence-electron chi connectivity index (χ3n) is 3.69. The molecular weight excluding hydrogens is 365 g/mol. The predicted octanol–water partition coefficient (Wildman–Crippen LogP) is 6.70. The van der Waals surface area contributed by atoms with E-state index in [0.717, 1.165) is 0 Å². The van der Waals surface area contributed by atoms with Crippen LogP contribution >= 0.6 is 0 Å². The molecule has 0 aliphatic heterocycles. The molecule has 0 bridgehead atoms. The van der Waals surface area contributed by atoms with Crippen molar-refractivity contribution in [2.24, 2.45) is 5.92 Å². The molecule has 0 aliphatic rings. The van der Waals surface area contributed by atoms with E-state index in [0.29, 0.717) is 6.92 Å². The highest BCUT2D eigenvalue weighted by Crippen LogP contribution is 2.49. The standard InChI is InChI=1S/C13H17F11/c1-8(7-9(2,14)11(16,17)18)5-3-4-6-10(15,12(19,20)21)13(22,23)24/h8H,3-7H2,1-2H3. The zero-order valence-corrected chi connectivity index (χ0v) is 12.8. The molecule has 0 aliphatic carbocycles. The number of hydrogen-bond donors (Lipinski definition) is 0. The van der Waals surface area contributed by atoms with Crippen molar-refractivity contribution in [2.75, 3.05) is 0 Å². The third-order valence-corrected chi connectivity index (χ3v) is 3.69. The van der Waals surface area contributed by atoms with Crippen molar-refractivity contribution < 1.29 is 48.3 Å². The molecule has 0 aromatic heterocycles. The van der Waals surface area contributed by atoms with E-state index >= 15 is 0 Å². The van der Waals surface area contributed by atoms with Crippen molar-refractivity contribution in [3.8, 4) is 0 Å². The summed E-state index contributed by atoms with van der Waals surface area (Å²) in [5.74, 6) is -0.951. The highest BCUT2D eigenvalue weighted by molar-refractivity contribution is 4.94. The summed E-state index contributed by atoms with van der Waals surface area (Å²) in [5.41, 5.74) is -8.89. The van der Waals surface area contributed by atoms with Crippen LogP contribution in [0.1, 0.15) is 46.0 Å². The number of alkyl halides is 11. The Morgan fingerprint density at radius 1 is 0.667 bits per heavy atom. The van der Waals surface area contributed by atoms with E-state index < -0.39 is 61.5 Å². The molecule has 0 N–H and O–H groups in total. The van der Waals surface area contributed by atoms with Gasteiger partial charge < -0.3 is 0 Å². The summed E-state index contributed by atoms with van der Waals surface area (Å²) >= 11 is 0. The molecule has 0 nitrogen and oxygen atoms in total. The van der Waals surface area contributed by atoms with Crippen molar-refractivity contribution in [1.29, 1.82) is 0 Å². The fourth-order valence-electron chi connectivity index (χ4n) is 2.18. The van der Waals surface area contributed by atoms with Gasteiger partial charge in [0.15, 0.2) is 0 Å². The molecule has 2 atom stereocenters. The van der Waals surface area contributed by atoms with E-state index in [1.165, 1.54) is 6.92 Å². The van der Waals surface area contributed by atoms with Gasteiger partial charge in [-0.2, -0.15) is 39.5 Å². The summed E-state index contributed by atoms with van der Waals surface area (Å²) in [6, 6.07) is 0. The molecule has 0 aromatic carbocycles. The molecule has 146 valence electrons. The Kier molecular flexibility index (Phi) is 7.00. The second-order valence-electron chi connectivity index (χ2n) is 6.05. The molecule has 2 unspecified atom stereocenters. The lowest BCUT2D eigenvalue weighted by Crippen LogP contribution is -2.53. The fraction of sp³-hybridized carbons (Fsp3) is 1.00. The normalized spacial score (nSPS) is 18.4. The van der Waals surface area contributed by atoms with Gasteiger partial charge in [0.05, 0.1) is 0 Å². The molecule has 0 amide bonds. The fourth-order valence-corrected chi connectivity index (χ4v) is 2.18. The van der Waals surface area contributed by atoms with Gasteiger partial charge in [-0.15, -0.1) is 0 Å². The van der Waals surface area contributed by atoms with Crippen molar-refractivity contribution in [3.05, 3.63) is 0 Å². The van der Waals surface area contributed by atoms with Crippen LogP contribution in [-0.4, -0.2) is 29.9 Å². The Balaban J connectivity index is 4.58. The van der Waals surface area contributed by atoms with Gasteiger partial charge in [-0.25, -0.2) is 8.78 Å². The molecular formula is C13H17F11. The second kappa shape index (κ2) is 7.23. The zero-order valence-electron chi connectivity index (χ0n) is 12.8. The number of rotatable bonds is 7. The van der Waals surface area contributed by atoms with Gasteiger partial charge in [0, 0.05) is 0 Å². The summed E-state index contributed by atoms with van der Waals surface area (Å²) in [4.78, 5) is 0. The number of hydrogen-bond acceptors (Lipinski definition) is 0. The van der Waals surface area contributed by atoms with Gasteiger partial charge in [0.1, 0.15) is 0 Å². The third kappa shape index (κ3) is 5.65. The maximum Gasteiger partial charge on any atom is 0.431 e. The summed E-state index contributed by atoms with van der Waals surface area (Å²) in [6.07, 6.45) is -21.8. The Labute approximate surface area is 131 Å².